The summed E-state index contributed by atoms with van der Waals surface area (Å²) in [5, 5.41) is 13.7. The molecule has 0 spiro atoms. The molecule has 0 radical (unpaired) electrons. The van der Waals surface area contributed by atoms with E-state index < -0.39 is 10.8 Å². The monoisotopic (exact) mass is 351 g/mol. The van der Waals surface area contributed by atoms with Crippen molar-refractivity contribution in [1.82, 2.24) is 0 Å². The predicted molar refractivity (Wildman–Crippen MR) is 98.8 cm³/mol. The molecule has 1 saturated heterocycles. The third kappa shape index (κ3) is 3.94. The number of benzene rings is 2. The van der Waals surface area contributed by atoms with Crippen LogP contribution in [0.4, 0.5) is 17.1 Å². The Morgan fingerprint density at radius 2 is 2.00 bits per heavy atom. The van der Waals surface area contributed by atoms with Crippen molar-refractivity contribution in [3.05, 3.63) is 70.3 Å². The summed E-state index contributed by atoms with van der Waals surface area (Å²) in [7, 11) is 0. The average molecular weight is 351 g/mol. The van der Waals surface area contributed by atoms with Gasteiger partial charge < -0.3 is 10.2 Å². The van der Waals surface area contributed by atoms with Gasteiger partial charge in [0.25, 0.3) is 5.69 Å². The van der Waals surface area contributed by atoms with Gasteiger partial charge in [0.2, 0.25) is 11.8 Å². The SMILES string of the molecule is O=C(/C=C/c1ccccc1[N+](=O)[O-])Nc1cccc(N2CCCC2=O)c1. The topological polar surface area (TPSA) is 92.5 Å². The molecule has 0 aliphatic carbocycles. The van der Waals surface area contributed by atoms with Crippen LogP contribution in [0.2, 0.25) is 0 Å². The molecule has 26 heavy (non-hydrogen) atoms. The van der Waals surface area contributed by atoms with Crippen molar-refractivity contribution in [3.8, 4) is 0 Å². The van der Waals surface area contributed by atoms with Gasteiger partial charge in [-0.25, -0.2) is 0 Å². The Bertz CT molecular complexity index is 892. The van der Waals surface area contributed by atoms with E-state index in [1.807, 2.05) is 6.07 Å². The van der Waals surface area contributed by atoms with Crippen LogP contribution in [0.5, 0.6) is 0 Å². The molecule has 7 heteroatoms. The zero-order valence-electron chi connectivity index (χ0n) is 13.9. The van der Waals surface area contributed by atoms with E-state index in [4.69, 9.17) is 0 Å². The maximum atomic E-state index is 12.1. The Hall–Kier alpha value is -3.48. The summed E-state index contributed by atoms with van der Waals surface area (Å²) in [6.45, 7) is 0.674. The lowest BCUT2D eigenvalue weighted by Crippen LogP contribution is -2.23. The third-order valence-corrected chi connectivity index (χ3v) is 4.05. The number of nitrogens with zero attached hydrogens (tertiary/aromatic N) is 2. The Morgan fingerprint density at radius 1 is 1.19 bits per heavy atom. The molecule has 1 aliphatic rings. The number of carbonyl (C=O) groups excluding carboxylic acids is 2. The van der Waals surface area contributed by atoms with E-state index >= 15 is 0 Å². The fraction of sp³-hybridized carbons (Fsp3) is 0.158. The Labute approximate surface area is 150 Å². The first-order valence-corrected chi connectivity index (χ1v) is 8.17. The second kappa shape index (κ2) is 7.60. The molecule has 7 nitrogen and oxygen atoms in total. The molecule has 0 saturated carbocycles. The second-order valence-corrected chi connectivity index (χ2v) is 5.84. The van der Waals surface area contributed by atoms with Crippen LogP contribution in [0.3, 0.4) is 0 Å². The van der Waals surface area contributed by atoms with Crippen molar-refractivity contribution >= 4 is 35.0 Å². The zero-order valence-corrected chi connectivity index (χ0v) is 13.9. The van der Waals surface area contributed by atoms with Gasteiger partial charge >= 0.3 is 0 Å². The molecule has 1 aliphatic heterocycles. The number of nitro groups is 1. The van der Waals surface area contributed by atoms with E-state index in [2.05, 4.69) is 5.32 Å². The van der Waals surface area contributed by atoms with E-state index in [0.717, 1.165) is 12.1 Å². The lowest BCUT2D eigenvalue weighted by molar-refractivity contribution is -0.385. The van der Waals surface area contributed by atoms with Crippen molar-refractivity contribution in [3.63, 3.8) is 0 Å². The first-order valence-electron chi connectivity index (χ1n) is 8.17. The molecule has 2 aromatic rings. The number of nitro benzene ring substituents is 1. The summed E-state index contributed by atoms with van der Waals surface area (Å²) >= 11 is 0. The molecule has 0 atom stereocenters. The van der Waals surface area contributed by atoms with Gasteiger partial charge in [0.05, 0.1) is 10.5 Å². The Kier molecular flexibility index (Phi) is 5.07. The van der Waals surface area contributed by atoms with Crippen molar-refractivity contribution in [2.45, 2.75) is 12.8 Å². The average Bonchev–Trinajstić information content (AvgIpc) is 3.06. The number of para-hydroxylation sites is 1. The van der Waals surface area contributed by atoms with Gasteiger partial charge in [-0.2, -0.15) is 0 Å². The highest BCUT2D eigenvalue weighted by molar-refractivity contribution is 6.03. The number of hydrogen-bond donors (Lipinski definition) is 1. The summed E-state index contributed by atoms with van der Waals surface area (Å²) in [5.41, 5.74) is 1.59. The maximum Gasteiger partial charge on any atom is 0.276 e. The lowest BCUT2D eigenvalue weighted by Gasteiger charge is -2.16. The summed E-state index contributed by atoms with van der Waals surface area (Å²) in [5.74, 6) is -0.335. The number of hydrogen-bond acceptors (Lipinski definition) is 4. The normalized spacial score (nSPS) is 14.0. The minimum atomic E-state index is -0.492. The second-order valence-electron chi connectivity index (χ2n) is 5.84. The molecular weight excluding hydrogens is 334 g/mol. The van der Waals surface area contributed by atoms with Crippen LogP contribution in [0.15, 0.2) is 54.6 Å². The van der Waals surface area contributed by atoms with Gasteiger partial charge in [-0.3, -0.25) is 19.7 Å². The molecule has 1 heterocycles. The Balaban J connectivity index is 1.71. The van der Waals surface area contributed by atoms with Gasteiger partial charge in [0, 0.05) is 36.5 Å². The summed E-state index contributed by atoms with van der Waals surface area (Å²) < 4.78 is 0. The number of carbonyl (C=O) groups is 2. The smallest absolute Gasteiger partial charge is 0.276 e. The molecule has 3 rings (SSSR count). The highest BCUT2D eigenvalue weighted by atomic mass is 16.6. The van der Waals surface area contributed by atoms with Gasteiger partial charge in [0.15, 0.2) is 0 Å². The van der Waals surface area contributed by atoms with Gasteiger partial charge in [-0.1, -0.05) is 18.2 Å². The van der Waals surface area contributed by atoms with Crippen LogP contribution in [0.1, 0.15) is 18.4 Å². The van der Waals surface area contributed by atoms with E-state index in [0.29, 0.717) is 24.2 Å². The zero-order chi connectivity index (χ0) is 18.5. The highest BCUT2D eigenvalue weighted by Crippen LogP contribution is 2.24. The number of rotatable bonds is 5. The number of amides is 2. The van der Waals surface area contributed by atoms with Crippen LogP contribution in [0.25, 0.3) is 6.08 Å². The summed E-state index contributed by atoms with van der Waals surface area (Å²) in [6.07, 6.45) is 4.01. The molecule has 0 aromatic heterocycles. The van der Waals surface area contributed by atoms with Gasteiger partial charge in [0.1, 0.15) is 0 Å². The van der Waals surface area contributed by atoms with Crippen LogP contribution in [0, 0.1) is 10.1 Å². The molecule has 1 fully saturated rings. The minimum Gasteiger partial charge on any atom is -0.322 e. The maximum absolute atomic E-state index is 12.1. The van der Waals surface area contributed by atoms with Gasteiger partial charge in [-0.05, 0) is 36.8 Å². The first kappa shape index (κ1) is 17.3. The van der Waals surface area contributed by atoms with Crippen molar-refractivity contribution in [1.29, 1.82) is 0 Å². The van der Waals surface area contributed by atoms with E-state index in [1.165, 1.54) is 18.2 Å². The first-order chi connectivity index (χ1) is 12.5. The number of anilines is 2. The van der Waals surface area contributed by atoms with E-state index in [9.17, 15) is 19.7 Å². The quantitative estimate of drug-likeness (QED) is 0.508. The Morgan fingerprint density at radius 3 is 2.73 bits per heavy atom. The van der Waals surface area contributed by atoms with Crippen LogP contribution in [-0.2, 0) is 9.59 Å². The molecule has 2 aromatic carbocycles. The fourth-order valence-electron chi connectivity index (χ4n) is 2.82. The highest BCUT2D eigenvalue weighted by Gasteiger charge is 2.21. The van der Waals surface area contributed by atoms with Crippen molar-refractivity contribution in [2.75, 3.05) is 16.8 Å². The molecule has 0 bridgehead atoms. The van der Waals surface area contributed by atoms with Crippen molar-refractivity contribution < 1.29 is 14.5 Å². The summed E-state index contributed by atoms with van der Waals surface area (Å²) in [6, 6.07) is 13.2. The molecule has 132 valence electrons. The fourth-order valence-corrected chi connectivity index (χ4v) is 2.82. The molecular formula is C19H17N3O4. The molecule has 0 unspecified atom stereocenters. The van der Waals surface area contributed by atoms with Crippen LogP contribution >= 0.6 is 0 Å². The van der Waals surface area contributed by atoms with Gasteiger partial charge in [-0.15, -0.1) is 0 Å². The van der Waals surface area contributed by atoms with Crippen LogP contribution < -0.4 is 10.2 Å². The van der Waals surface area contributed by atoms with E-state index in [1.54, 1.807) is 41.3 Å². The minimum absolute atomic E-state index is 0.0638. The predicted octanol–water partition coefficient (Wildman–Crippen LogP) is 3.37. The summed E-state index contributed by atoms with van der Waals surface area (Å²) in [4.78, 5) is 36.1. The molecule has 2 amide bonds. The van der Waals surface area contributed by atoms with Crippen molar-refractivity contribution in [2.24, 2.45) is 0 Å². The van der Waals surface area contributed by atoms with Crippen LogP contribution in [-0.4, -0.2) is 23.3 Å². The standard InChI is InChI=1S/C19H17N3O4/c23-18(11-10-14-5-1-2-8-17(14)22(25)26)20-15-6-3-7-16(13-15)21-12-4-9-19(21)24/h1-3,5-8,10-11,13H,4,9,12H2,(H,20,23)/b11-10+. The van der Waals surface area contributed by atoms with E-state index in [-0.39, 0.29) is 11.6 Å². The lowest BCUT2D eigenvalue weighted by atomic mass is 10.1. The molecule has 1 N–H and O–H groups in total. The number of nitrogens with one attached hydrogen (secondary N) is 1. The third-order valence-electron chi connectivity index (χ3n) is 4.05. The largest absolute Gasteiger partial charge is 0.322 e.